The minimum absolute atomic E-state index is 0.373. The van der Waals surface area contributed by atoms with E-state index in [1.807, 2.05) is 12.3 Å². The first-order valence-electron chi connectivity index (χ1n) is 6.36. The van der Waals surface area contributed by atoms with Crippen LogP contribution < -0.4 is 11.1 Å². The third kappa shape index (κ3) is 1.99. The Kier molecular flexibility index (Phi) is 2.80. The Bertz CT molecular complexity index is 582. The molecule has 1 aliphatic heterocycles. The van der Waals surface area contributed by atoms with Crippen LogP contribution in [0.15, 0.2) is 30.6 Å². The van der Waals surface area contributed by atoms with Gasteiger partial charge in [0, 0.05) is 23.5 Å². The molecule has 94 valence electrons. The van der Waals surface area contributed by atoms with E-state index in [9.17, 15) is 4.79 Å². The molecule has 4 heteroatoms. The van der Waals surface area contributed by atoms with Crippen molar-refractivity contribution in [3.8, 4) is 0 Å². The fourth-order valence-corrected chi connectivity index (χ4v) is 2.66. The molecule has 0 aliphatic carbocycles. The van der Waals surface area contributed by atoms with Gasteiger partial charge in [-0.2, -0.15) is 0 Å². The molecule has 2 aromatic heterocycles. The number of rotatable bonds is 2. The number of amides is 1. The van der Waals surface area contributed by atoms with E-state index in [0.717, 1.165) is 18.6 Å². The molecule has 4 nitrogen and oxygen atoms in total. The number of carbonyl (C=O) groups is 1. The highest BCUT2D eigenvalue weighted by Crippen LogP contribution is 2.27. The molecule has 3 heterocycles. The van der Waals surface area contributed by atoms with E-state index in [-0.39, 0.29) is 5.91 Å². The molecule has 3 rings (SSSR count). The Morgan fingerprint density at radius 2 is 2.11 bits per heavy atom. The highest BCUT2D eigenvalue weighted by Gasteiger charge is 2.16. The van der Waals surface area contributed by atoms with E-state index in [1.54, 1.807) is 6.07 Å². The Morgan fingerprint density at radius 3 is 2.83 bits per heavy atom. The van der Waals surface area contributed by atoms with Crippen molar-refractivity contribution in [1.82, 2.24) is 9.72 Å². The summed E-state index contributed by atoms with van der Waals surface area (Å²) >= 11 is 0. The lowest BCUT2D eigenvalue weighted by Gasteiger charge is -2.21. The number of hydrogen-bond acceptors (Lipinski definition) is 2. The quantitative estimate of drug-likeness (QED) is 0.840. The monoisotopic (exact) mass is 243 g/mol. The zero-order chi connectivity index (χ0) is 12.5. The van der Waals surface area contributed by atoms with Crippen molar-refractivity contribution in [2.45, 2.75) is 18.8 Å². The Hall–Kier alpha value is -1.81. The predicted molar refractivity (Wildman–Crippen MR) is 70.8 cm³/mol. The van der Waals surface area contributed by atoms with Crippen LogP contribution in [0.5, 0.6) is 0 Å². The minimum atomic E-state index is -0.373. The lowest BCUT2D eigenvalue weighted by Crippen LogP contribution is -2.26. The van der Waals surface area contributed by atoms with Crippen LogP contribution in [-0.4, -0.2) is 23.4 Å². The molecule has 0 radical (unpaired) electrons. The average Bonchev–Trinajstić information content (AvgIpc) is 2.82. The van der Waals surface area contributed by atoms with Gasteiger partial charge in [0.1, 0.15) is 0 Å². The maximum absolute atomic E-state index is 11.2. The highest BCUT2D eigenvalue weighted by atomic mass is 16.1. The minimum Gasteiger partial charge on any atom is -0.366 e. The average molecular weight is 243 g/mol. The summed E-state index contributed by atoms with van der Waals surface area (Å²) in [6, 6.07) is 5.79. The Labute approximate surface area is 106 Å². The van der Waals surface area contributed by atoms with Crippen molar-refractivity contribution in [2.24, 2.45) is 5.73 Å². The van der Waals surface area contributed by atoms with Crippen LogP contribution in [0.2, 0.25) is 0 Å². The summed E-state index contributed by atoms with van der Waals surface area (Å²) < 4.78 is 2.06. The highest BCUT2D eigenvalue weighted by molar-refractivity contribution is 5.93. The van der Waals surface area contributed by atoms with Gasteiger partial charge in [-0.1, -0.05) is 0 Å². The second-order valence-electron chi connectivity index (χ2n) is 4.91. The van der Waals surface area contributed by atoms with Gasteiger partial charge in [-0.3, -0.25) is 4.79 Å². The summed E-state index contributed by atoms with van der Waals surface area (Å²) in [5.74, 6) is 0.255. The molecule has 3 N–H and O–H groups in total. The maximum Gasteiger partial charge on any atom is 0.248 e. The van der Waals surface area contributed by atoms with Gasteiger partial charge < -0.3 is 15.5 Å². The summed E-state index contributed by atoms with van der Waals surface area (Å²) in [5.41, 5.74) is 8.27. The third-order valence-corrected chi connectivity index (χ3v) is 3.71. The van der Waals surface area contributed by atoms with Crippen LogP contribution in [0.1, 0.15) is 34.7 Å². The van der Waals surface area contributed by atoms with E-state index in [4.69, 9.17) is 5.73 Å². The number of nitrogens with zero attached hydrogens (tertiary/aromatic N) is 1. The normalized spacial score (nSPS) is 17.1. The van der Waals surface area contributed by atoms with E-state index < -0.39 is 0 Å². The summed E-state index contributed by atoms with van der Waals surface area (Å²) in [6.07, 6.45) is 6.43. The van der Waals surface area contributed by atoms with E-state index in [2.05, 4.69) is 22.0 Å². The van der Waals surface area contributed by atoms with E-state index in [1.165, 1.54) is 18.4 Å². The molecule has 1 saturated heterocycles. The fraction of sp³-hybridized carbons (Fsp3) is 0.357. The van der Waals surface area contributed by atoms with Gasteiger partial charge in [0.15, 0.2) is 0 Å². The molecular formula is C14H17N3O. The molecule has 0 spiro atoms. The molecule has 0 bridgehead atoms. The molecule has 0 unspecified atom stereocenters. The zero-order valence-electron chi connectivity index (χ0n) is 10.2. The second-order valence-corrected chi connectivity index (χ2v) is 4.91. The van der Waals surface area contributed by atoms with Crippen molar-refractivity contribution < 1.29 is 4.79 Å². The SMILES string of the molecule is NC(=O)c1ccn2cc(C3CCNCC3)cc2c1. The second kappa shape index (κ2) is 4.46. The van der Waals surface area contributed by atoms with Crippen molar-refractivity contribution in [1.29, 1.82) is 0 Å². The van der Waals surface area contributed by atoms with Crippen LogP contribution in [0.3, 0.4) is 0 Å². The van der Waals surface area contributed by atoms with Gasteiger partial charge in [-0.25, -0.2) is 0 Å². The molecule has 18 heavy (non-hydrogen) atoms. The number of pyridine rings is 1. The fourth-order valence-electron chi connectivity index (χ4n) is 2.66. The predicted octanol–water partition coefficient (Wildman–Crippen LogP) is 1.51. The van der Waals surface area contributed by atoms with Crippen LogP contribution >= 0.6 is 0 Å². The van der Waals surface area contributed by atoms with Crippen LogP contribution in [0, 0.1) is 0 Å². The molecule has 1 fully saturated rings. The summed E-state index contributed by atoms with van der Waals surface area (Å²) in [4.78, 5) is 11.2. The molecule has 0 aromatic carbocycles. The van der Waals surface area contributed by atoms with Crippen molar-refractivity contribution >= 4 is 11.4 Å². The van der Waals surface area contributed by atoms with Crippen LogP contribution in [0.25, 0.3) is 5.52 Å². The van der Waals surface area contributed by atoms with Gasteiger partial charge in [0.2, 0.25) is 5.91 Å². The molecule has 1 amide bonds. The number of primary amides is 1. The van der Waals surface area contributed by atoms with E-state index in [0.29, 0.717) is 11.5 Å². The number of hydrogen-bond donors (Lipinski definition) is 2. The number of carbonyl (C=O) groups excluding carboxylic acids is 1. The number of piperidine rings is 1. The zero-order valence-corrected chi connectivity index (χ0v) is 10.2. The standard InChI is InChI=1S/C14H17N3O/c15-14(18)11-3-6-17-9-12(8-13(17)7-11)10-1-4-16-5-2-10/h3,6-10,16H,1-2,4-5H2,(H2,15,18). The number of nitrogens with two attached hydrogens (primary N) is 1. The number of nitrogens with one attached hydrogen (secondary N) is 1. The lowest BCUT2D eigenvalue weighted by atomic mass is 9.92. The van der Waals surface area contributed by atoms with E-state index >= 15 is 0 Å². The molecule has 0 saturated carbocycles. The first kappa shape index (κ1) is 11.3. The van der Waals surface area contributed by atoms with Crippen LogP contribution in [0.4, 0.5) is 0 Å². The van der Waals surface area contributed by atoms with Gasteiger partial charge in [-0.05, 0) is 55.6 Å². The first-order valence-corrected chi connectivity index (χ1v) is 6.36. The van der Waals surface area contributed by atoms with Gasteiger partial charge >= 0.3 is 0 Å². The topological polar surface area (TPSA) is 59.5 Å². The van der Waals surface area contributed by atoms with Gasteiger partial charge in [0.25, 0.3) is 0 Å². The summed E-state index contributed by atoms with van der Waals surface area (Å²) in [6.45, 7) is 2.17. The molecule has 0 atom stereocenters. The van der Waals surface area contributed by atoms with Gasteiger partial charge in [-0.15, -0.1) is 0 Å². The third-order valence-electron chi connectivity index (χ3n) is 3.71. The summed E-state index contributed by atoms with van der Waals surface area (Å²) in [5, 5.41) is 3.37. The Balaban J connectivity index is 1.97. The largest absolute Gasteiger partial charge is 0.366 e. The summed E-state index contributed by atoms with van der Waals surface area (Å²) in [7, 11) is 0. The Morgan fingerprint density at radius 1 is 1.33 bits per heavy atom. The first-order chi connectivity index (χ1) is 8.74. The number of aromatic nitrogens is 1. The van der Waals surface area contributed by atoms with Crippen molar-refractivity contribution in [3.63, 3.8) is 0 Å². The van der Waals surface area contributed by atoms with Gasteiger partial charge in [0.05, 0.1) is 0 Å². The molecule has 2 aromatic rings. The smallest absolute Gasteiger partial charge is 0.248 e. The lowest BCUT2D eigenvalue weighted by molar-refractivity contribution is 0.100. The van der Waals surface area contributed by atoms with Crippen molar-refractivity contribution in [3.05, 3.63) is 41.7 Å². The number of fused-ring (bicyclic) bond motifs is 1. The maximum atomic E-state index is 11.2. The molecule has 1 aliphatic rings. The van der Waals surface area contributed by atoms with Crippen LogP contribution in [-0.2, 0) is 0 Å². The molecular weight excluding hydrogens is 226 g/mol. The van der Waals surface area contributed by atoms with Crippen molar-refractivity contribution in [2.75, 3.05) is 13.1 Å².